The number of hydrogen-bond donors (Lipinski definition) is 0. The van der Waals surface area contributed by atoms with E-state index in [4.69, 9.17) is 0 Å². The molecule has 3 heteroatoms. The SMILES string of the molecule is Cc1cccc(-c2nc3ccccc3s2)n1. The molecule has 0 N–H and O–H groups in total. The molecule has 0 radical (unpaired) electrons. The maximum Gasteiger partial charge on any atom is 0.143 e. The van der Waals surface area contributed by atoms with E-state index in [0.29, 0.717) is 0 Å². The van der Waals surface area contributed by atoms with Crippen molar-refractivity contribution in [3.05, 3.63) is 48.2 Å². The molecular weight excluding hydrogens is 216 g/mol. The van der Waals surface area contributed by atoms with E-state index in [2.05, 4.69) is 16.0 Å². The van der Waals surface area contributed by atoms with E-state index >= 15 is 0 Å². The average Bonchev–Trinajstić information content (AvgIpc) is 2.72. The predicted molar refractivity (Wildman–Crippen MR) is 67.6 cm³/mol. The molecule has 3 rings (SSSR count). The van der Waals surface area contributed by atoms with Gasteiger partial charge in [-0.05, 0) is 31.2 Å². The van der Waals surface area contributed by atoms with E-state index in [-0.39, 0.29) is 0 Å². The van der Waals surface area contributed by atoms with Crippen molar-refractivity contribution in [1.82, 2.24) is 9.97 Å². The Morgan fingerprint density at radius 1 is 0.938 bits per heavy atom. The molecule has 16 heavy (non-hydrogen) atoms. The predicted octanol–water partition coefficient (Wildman–Crippen LogP) is 3.67. The molecule has 0 saturated carbocycles. The van der Waals surface area contributed by atoms with Gasteiger partial charge in [-0.15, -0.1) is 11.3 Å². The molecule has 2 heterocycles. The van der Waals surface area contributed by atoms with Gasteiger partial charge in [0.15, 0.2) is 0 Å². The van der Waals surface area contributed by atoms with Crippen LogP contribution in [0.25, 0.3) is 20.9 Å². The molecule has 0 aliphatic carbocycles. The summed E-state index contributed by atoms with van der Waals surface area (Å²) in [5, 5.41) is 0.991. The van der Waals surface area contributed by atoms with Gasteiger partial charge in [-0.2, -0.15) is 0 Å². The summed E-state index contributed by atoms with van der Waals surface area (Å²) in [5.41, 5.74) is 3.03. The van der Waals surface area contributed by atoms with E-state index in [1.165, 1.54) is 4.70 Å². The fourth-order valence-corrected chi connectivity index (χ4v) is 2.58. The van der Waals surface area contributed by atoms with Crippen molar-refractivity contribution in [2.24, 2.45) is 0 Å². The Kier molecular flexibility index (Phi) is 2.18. The fourth-order valence-electron chi connectivity index (χ4n) is 1.64. The molecule has 3 aromatic rings. The summed E-state index contributed by atoms with van der Waals surface area (Å²) >= 11 is 1.69. The van der Waals surface area contributed by atoms with Crippen molar-refractivity contribution in [3.8, 4) is 10.7 Å². The molecule has 0 aliphatic rings. The van der Waals surface area contributed by atoms with Crippen molar-refractivity contribution in [3.63, 3.8) is 0 Å². The Bertz CT molecular complexity index is 610. The summed E-state index contributed by atoms with van der Waals surface area (Å²) in [6.07, 6.45) is 0. The molecule has 1 aromatic carbocycles. The molecule has 0 saturated heterocycles. The quantitative estimate of drug-likeness (QED) is 0.632. The van der Waals surface area contributed by atoms with E-state index in [0.717, 1.165) is 21.9 Å². The minimum Gasteiger partial charge on any atom is -0.251 e. The standard InChI is InChI=1S/C13H10N2S/c1-9-5-4-7-11(14-9)13-15-10-6-2-3-8-12(10)16-13/h2-8H,1H3. The number of hydrogen-bond acceptors (Lipinski definition) is 3. The number of thiazole rings is 1. The Labute approximate surface area is 97.6 Å². The molecular formula is C13H10N2S. The first-order valence-corrected chi connectivity index (χ1v) is 5.94. The normalized spacial score (nSPS) is 10.8. The molecule has 0 amide bonds. The fraction of sp³-hybridized carbons (Fsp3) is 0.0769. The van der Waals surface area contributed by atoms with Crippen LogP contribution in [0.15, 0.2) is 42.5 Å². The van der Waals surface area contributed by atoms with Crippen LogP contribution in [0, 0.1) is 6.92 Å². The van der Waals surface area contributed by atoms with Crippen molar-refractivity contribution in [2.45, 2.75) is 6.92 Å². The second-order valence-corrected chi connectivity index (χ2v) is 4.68. The molecule has 0 bridgehead atoms. The molecule has 0 unspecified atom stereocenters. The third kappa shape index (κ3) is 1.59. The van der Waals surface area contributed by atoms with Gasteiger partial charge in [-0.1, -0.05) is 18.2 Å². The van der Waals surface area contributed by atoms with Crippen molar-refractivity contribution in [2.75, 3.05) is 0 Å². The van der Waals surface area contributed by atoms with Gasteiger partial charge < -0.3 is 0 Å². The highest BCUT2D eigenvalue weighted by Gasteiger charge is 2.06. The molecule has 0 aliphatic heterocycles. The van der Waals surface area contributed by atoms with E-state index in [9.17, 15) is 0 Å². The van der Waals surface area contributed by atoms with Crippen LogP contribution in [-0.2, 0) is 0 Å². The van der Waals surface area contributed by atoms with Crippen LogP contribution in [0.1, 0.15) is 5.69 Å². The van der Waals surface area contributed by atoms with Crippen LogP contribution in [0.3, 0.4) is 0 Å². The topological polar surface area (TPSA) is 25.8 Å². The third-order valence-electron chi connectivity index (χ3n) is 2.40. The Morgan fingerprint density at radius 2 is 1.81 bits per heavy atom. The lowest BCUT2D eigenvalue weighted by atomic mass is 10.3. The van der Waals surface area contributed by atoms with Gasteiger partial charge in [-0.25, -0.2) is 4.98 Å². The van der Waals surface area contributed by atoms with Gasteiger partial charge in [0.1, 0.15) is 5.01 Å². The summed E-state index contributed by atoms with van der Waals surface area (Å²) in [7, 11) is 0. The van der Waals surface area contributed by atoms with Crippen molar-refractivity contribution in [1.29, 1.82) is 0 Å². The number of aromatic nitrogens is 2. The van der Waals surface area contributed by atoms with Crippen molar-refractivity contribution >= 4 is 21.6 Å². The maximum absolute atomic E-state index is 4.58. The molecule has 0 fully saturated rings. The lowest BCUT2D eigenvalue weighted by Crippen LogP contribution is -1.84. The number of para-hydroxylation sites is 1. The van der Waals surface area contributed by atoms with Crippen LogP contribution in [-0.4, -0.2) is 9.97 Å². The molecule has 78 valence electrons. The first kappa shape index (κ1) is 9.48. The highest BCUT2D eigenvalue weighted by molar-refractivity contribution is 7.21. The largest absolute Gasteiger partial charge is 0.251 e. The van der Waals surface area contributed by atoms with Crippen LogP contribution in [0.4, 0.5) is 0 Å². The number of nitrogens with zero attached hydrogens (tertiary/aromatic N) is 2. The van der Waals surface area contributed by atoms with Crippen LogP contribution in [0.5, 0.6) is 0 Å². The molecule has 2 nitrogen and oxygen atoms in total. The minimum absolute atomic E-state index is 0.959. The second-order valence-electron chi connectivity index (χ2n) is 3.65. The Balaban J connectivity index is 2.19. The minimum atomic E-state index is 0.959. The average molecular weight is 226 g/mol. The van der Waals surface area contributed by atoms with Gasteiger partial charge in [0.05, 0.1) is 15.9 Å². The van der Waals surface area contributed by atoms with Crippen molar-refractivity contribution < 1.29 is 0 Å². The monoisotopic (exact) mass is 226 g/mol. The number of benzene rings is 1. The zero-order valence-electron chi connectivity index (χ0n) is 8.84. The summed E-state index contributed by atoms with van der Waals surface area (Å²) in [4.78, 5) is 9.07. The van der Waals surface area contributed by atoms with Crippen LogP contribution in [0.2, 0.25) is 0 Å². The lowest BCUT2D eigenvalue weighted by Gasteiger charge is -1.95. The summed E-state index contributed by atoms with van der Waals surface area (Å²) in [5.74, 6) is 0. The number of fused-ring (bicyclic) bond motifs is 1. The van der Waals surface area contributed by atoms with Gasteiger partial charge in [0.2, 0.25) is 0 Å². The lowest BCUT2D eigenvalue weighted by molar-refractivity contribution is 1.20. The summed E-state index contributed by atoms with van der Waals surface area (Å²) < 4.78 is 1.21. The maximum atomic E-state index is 4.58. The first-order valence-electron chi connectivity index (χ1n) is 5.12. The highest BCUT2D eigenvalue weighted by Crippen LogP contribution is 2.28. The highest BCUT2D eigenvalue weighted by atomic mass is 32.1. The van der Waals surface area contributed by atoms with E-state index < -0.39 is 0 Å². The molecule has 0 atom stereocenters. The smallest absolute Gasteiger partial charge is 0.143 e. The Morgan fingerprint density at radius 3 is 2.62 bits per heavy atom. The first-order chi connectivity index (χ1) is 7.83. The van der Waals surface area contributed by atoms with E-state index in [1.54, 1.807) is 11.3 Å². The van der Waals surface area contributed by atoms with E-state index in [1.807, 2.05) is 43.3 Å². The summed E-state index contributed by atoms with van der Waals surface area (Å²) in [6, 6.07) is 14.2. The van der Waals surface area contributed by atoms with Crippen LogP contribution < -0.4 is 0 Å². The second kappa shape index (κ2) is 3.68. The zero-order chi connectivity index (χ0) is 11.0. The zero-order valence-corrected chi connectivity index (χ0v) is 9.66. The van der Waals surface area contributed by atoms with Gasteiger partial charge in [0, 0.05) is 5.69 Å². The van der Waals surface area contributed by atoms with Gasteiger partial charge >= 0.3 is 0 Å². The third-order valence-corrected chi connectivity index (χ3v) is 3.46. The number of pyridine rings is 1. The van der Waals surface area contributed by atoms with Gasteiger partial charge in [0.25, 0.3) is 0 Å². The summed E-state index contributed by atoms with van der Waals surface area (Å²) in [6.45, 7) is 2.00. The van der Waals surface area contributed by atoms with Gasteiger partial charge in [-0.3, -0.25) is 4.98 Å². The molecule has 2 aromatic heterocycles. The number of rotatable bonds is 1. The van der Waals surface area contributed by atoms with Crippen LogP contribution >= 0.6 is 11.3 Å². The Hall–Kier alpha value is -1.74. The molecule has 0 spiro atoms. The number of aryl methyl sites for hydroxylation is 1.